The van der Waals surface area contributed by atoms with E-state index in [0.29, 0.717) is 17.5 Å². The van der Waals surface area contributed by atoms with Crippen molar-refractivity contribution in [2.45, 2.75) is 25.1 Å². The molecule has 2 nitrogen and oxygen atoms in total. The fraction of sp³-hybridized carbons (Fsp3) is 0.267. The van der Waals surface area contributed by atoms with E-state index in [9.17, 15) is 4.39 Å². The summed E-state index contributed by atoms with van der Waals surface area (Å²) in [5.41, 5.74) is 9.53. The number of nitrogens with two attached hydrogens (primary N) is 1. The SMILES string of the molecule is N[C@H]1C[C@@H]1c1ccc(-c2cccc(CF)c2)nc1. The summed E-state index contributed by atoms with van der Waals surface area (Å²) >= 11 is 0. The maximum atomic E-state index is 12.6. The Kier molecular flexibility index (Phi) is 2.84. The van der Waals surface area contributed by atoms with Crippen molar-refractivity contribution in [1.29, 1.82) is 0 Å². The van der Waals surface area contributed by atoms with Crippen LogP contribution in [-0.4, -0.2) is 11.0 Å². The van der Waals surface area contributed by atoms with E-state index < -0.39 is 6.67 Å². The van der Waals surface area contributed by atoms with Crippen molar-refractivity contribution in [3.05, 3.63) is 53.7 Å². The Bertz CT molecular complexity index is 551. The van der Waals surface area contributed by atoms with Crippen LogP contribution in [-0.2, 0) is 6.67 Å². The highest BCUT2D eigenvalue weighted by molar-refractivity contribution is 5.60. The van der Waals surface area contributed by atoms with Gasteiger partial charge in [-0.3, -0.25) is 4.98 Å². The molecule has 1 saturated carbocycles. The Hall–Kier alpha value is -1.74. The maximum absolute atomic E-state index is 12.6. The standard InChI is InChI=1S/C15H15FN2/c16-8-10-2-1-3-11(6-10)15-5-4-12(9-18-15)13-7-14(13)17/h1-6,9,13-14H,7-8,17H2/t13-,14+/m1/s1. The highest BCUT2D eigenvalue weighted by Crippen LogP contribution is 2.38. The van der Waals surface area contributed by atoms with Gasteiger partial charge in [0.2, 0.25) is 0 Å². The van der Waals surface area contributed by atoms with Crippen LogP contribution in [0.2, 0.25) is 0 Å². The predicted molar refractivity (Wildman–Crippen MR) is 69.8 cm³/mol. The van der Waals surface area contributed by atoms with Gasteiger partial charge in [0.15, 0.2) is 0 Å². The van der Waals surface area contributed by atoms with Crippen molar-refractivity contribution < 1.29 is 4.39 Å². The third-order valence-corrected chi connectivity index (χ3v) is 3.43. The molecule has 18 heavy (non-hydrogen) atoms. The first kappa shape index (κ1) is 11.4. The normalized spacial score (nSPS) is 21.9. The number of halogens is 1. The van der Waals surface area contributed by atoms with E-state index in [2.05, 4.69) is 11.1 Å². The van der Waals surface area contributed by atoms with Crippen LogP contribution in [0.15, 0.2) is 42.6 Å². The summed E-state index contributed by atoms with van der Waals surface area (Å²) in [5.74, 6) is 0.476. The lowest BCUT2D eigenvalue weighted by molar-refractivity contribution is 0.485. The number of hydrogen-bond donors (Lipinski definition) is 1. The quantitative estimate of drug-likeness (QED) is 0.898. The Labute approximate surface area is 106 Å². The maximum Gasteiger partial charge on any atom is 0.115 e. The average Bonchev–Trinajstić information content (AvgIpc) is 3.16. The van der Waals surface area contributed by atoms with E-state index in [1.807, 2.05) is 30.5 Å². The summed E-state index contributed by atoms with van der Waals surface area (Å²) in [7, 11) is 0. The fourth-order valence-corrected chi connectivity index (χ4v) is 2.21. The van der Waals surface area contributed by atoms with Crippen molar-refractivity contribution >= 4 is 0 Å². The molecule has 92 valence electrons. The highest BCUT2D eigenvalue weighted by atomic mass is 19.1. The fourth-order valence-electron chi connectivity index (χ4n) is 2.21. The Morgan fingerprint density at radius 3 is 2.72 bits per heavy atom. The lowest BCUT2D eigenvalue weighted by Crippen LogP contribution is -2.01. The molecule has 3 rings (SSSR count). The van der Waals surface area contributed by atoms with Crippen molar-refractivity contribution in [1.82, 2.24) is 4.98 Å². The number of pyridine rings is 1. The van der Waals surface area contributed by atoms with Crippen LogP contribution in [0.4, 0.5) is 4.39 Å². The number of rotatable bonds is 3. The van der Waals surface area contributed by atoms with E-state index in [0.717, 1.165) is 17.7 Å². The van der Waals surface area contributed by atoms with Gasteiger partial charge in [-0.1, -0.05) is 24.3 Å². The lowest BCUT2D eigenvalue weighted by atomic mass is 10.1. The Balaban J connectivity index is 1.87. The molecule has 0 amide bonds. The minimum absolute atomic E-state index is 0.299. The first-order valence-electron chi connectivity index (χ1n) is 6.15. The van der Waals surface area contributed by atoms with Crippen LogP contribution in [0, 0.1) is 0 Å². The molecule has 2 aromatic rings. The zero-order valence-corrected chi connectivity index (χ0v) is 10.0. The second-order valence-corrected chi connectivity index (χ2v) is 4.82. The van der Waals surface area contributed by atoms with Gasteiger partial charge in [-0.2, -0.15) is 0 Å². The smallest absolute Gasteiger partial charge is 0.115 e. The topological polar surface area (TPSA) is 38.9 Å². The van der Waals surface area contributed by atoms with Crippen LogP contribution >= 0.6 is 0 Å². The number of alkyl halides is 1. The summed E-state index contributed by atoms with van der Waals surface area (Å²) in [6, 6.07) is 11.8. The third kappa shape index (κ3) is 2.14. The van der Waals surface area contributed by atoms with E-state index in [4.69, 9.17) is 5.73 Å². The van der Waals surface area contributed by atoms with Gasteiger partial charge in [0.05, 0.1) is 5.69 Å². The van der Waals surface area contributed by atoms with Crippen molar-refractivity contribution in [2.24, 2.45) is 5.73 Å². The zero-order chi connectivity index (χ0) is 12.5. The molecule has 0 saturated heterocycles. The van der Waals surface area contributed by atoms with Crippen molar-refractivity contribution in [2.75, 3.05) is 0 Å². The molecule has 0 spiro atoms. The van der Waals surface area contributed by atoms with Gasteiger partial charge in [-0.15, -0.1) is 0 Å². The molecule has 0 radical (unpaired) electrons. The number of nitrogens with zero attached hydrogens (tertiary/aromatic N) is 1. The van der Waals surface area contributed by atoms with Gasteiger partial charge in [0, 0.05) is 23.7 Å². The number of benzene rings is 1. The average molecular weight is 242 g/mol. The minimum Gasteiger partial charge on any atom is -0.327 e. The number of aromatic nitrogens is 1. The Morgan fingerprint density at radius 2 is 2.11 bits per heavy atom. The van der Waals surface area contributed by atoms with Gasteiger partial charge in [0.1, 0.15) is 6.67 Å². The van der Waals surface area contributed by atoms with Crippen molar-refractivity contribution in [3.8, 4) is 11.3 Å². The van der Waals surface area contributed by atoms with Gasteiger partial charge < -0.3 is 5.73 Å². The van der Waals surface area contributed by atoms with Gasteiger partial charge in [-0.05, 0) is 29.7 Å². The molecule has 1 heterocycles. The lowest BCUT2D eigenvalue weighted by Gasteiger charge is -2.04. The molecule has 0 aliphatic heterocycles. The van der Waals surface area contributed by atoms with Crippen molar-refractivity contribution in [3.63, 3.8) is 0 Å². The molecular formula is C15H15FN2. The van der Waals surface area contributed by atoms with Gasteiger partial charge in [-0.25, -0.2) is 4.39 Å². The molecule has 1 aromatic heterocycles. The van der Waals surface area contributed by atoms with E-state index in [-0.39, 0.29) is 0 Å². The van der Waals surface area contributed by atoms with Crippen LogP contribution in [0.3, 0.4) is 0 Å². The molecule has 0 bridgehead atoms. The Morgan fingerprint density at radius 1 is 1.28 bits per heavy atom. The monoisotopic (exact) mass is 242 g/mol. The van der Waals surface area contributed by atoms with E-state index >= 15 is 0 Å². The van der Waals surface area contributed by atoms with Crippen LogP contribution < -0.4 is 5.73 Å². The zero-order valence-electron chi connectivity index (χ0n) is 10.0. The molecule has 2 N–H and O–H groups in total. The first-order valence-corrected chi connectivity index (χ1v) is 6.15. The second kappa shape index (κ2) is 4.50. The summed E-state index contributed by atoms with van der Waals surface area (Å²) < 4.78 is 12.6. The molecule has 1 fully saturated rings. The van der Waals surface area contributed by atoms with Gasteiger partial charge >= 0.3 is 0 Å². The summed E-state index contributed by atoms with van der Waals surface area (Å²) in [6.07, 6.45) is 2.94. The molecule has 0 unspecified atom stereocenters. The first-order chi connectivity index (χ1) is 8.78. The van der Waals surface area contributed by atoms with E-state index in [1.165, 1.54) is 5.56 Å². The molecule has 1 aliphatic carbocycles. The van der Waals surface area contributed by atoms with Crippen LogP contribution in [0.5, 0.6) is 0 Å². The largest absolute Gasteiger partial charge is 0.327 e. The van der Waals surface area contributed by atoms with Crippen LogP contribution in [0.25, 0.3) is 11.3 Å². The van der Waals surface area contributed by atoms with Gasteiger partial charge in [0.25, 0.3) is 0 Å². The molecule has 1 aliphatic rings. The molecule has 3 heteroatoms. The highest BCUT2D eigenvalue weighted by Gasteiger charge is 2.34. The summed E-state index contributed by atoms with van der Waals surface area (Å²) in [6.45, 7) is -0.442. The van der Waals surface area contributed by atoms with Crippen LogP contribution in [0.1, 0.15) is 23.5 Å². The van der Waals surface area contributed by atoms with E-state index in [1.54, 1.807) is 6.07 Å². The summed E-state index contributed by atoms with van der Waals surface area (Å²) in [5, 5.41) is 0. The number of hydrogen-bond acceptors (Lipinski definition) is 2. The second-order valence-electron chi connectivity index (χ2n) is 4.82. The molecular weight excluding hydrogens is 227 g/mol. The minimum atomic E-state index is -0.442. The summed E-state index contributed by atoms with van der Waals surface area (Å²) in [4.78, 5) is 4.44. The predicted octanol–water partition coefficient (Wildman–Crippen LogP) is 3.03. The third-order valence-electron chi connectivity index (χ3n) is 3.43. The molecule has 2 atom stereocenters. The molecule has 1 aromatic carbocycles.